The molecule has 2 aromatic carbocycles. The maximum Gasteiger partial charge on any atom is 0.407 e. The Hall–Kier alpha value is -3.00. The number of aliphatic carboxylic acids is 1. The van der Waals surface area contributed by atoms with Crippen LogP contribution in [0.5, 0.6) is 0 Å². The van der Waals surface area contributed by atoms with Crippen LogP contribution in [0.2, 0.25) is 0 Å². The number of benzene rings is 2. The number of carboxylic acid groups (broad SMARTS) is 1. The van der Waals surface area contributed by atoms with Crippen molar-refractivity contribution in [3.05, 3.63) is 59.7 Å². The second-order valence-corrected chi connectivity index (χ2v) is 10.2. The topological polar surface area (TPSA) is 105 Å². The first-order chi connectivity index (χ1) is 17.0. The van der Waals surface area contributed by atoms with Gasteiger partial charge in [0.1, 0.15) is 12.6 Å². The average Bonchev–Trinajstić information content (AvgIpc) is 3.19. The molecule has 0 bridgehead atoms. The SMILES string of the molecule is CSCC[C@@H](NC(=O)OCC1c2ccccc2-c2ccccc21)C(=O)N[C@H]1CCC[C@@H](C(=O)O)C1. The van der Waals surface area contributed by atoms with Crippen molar-refractivity contribution in [2.24, 2.45) is 5.92 Å². The largest absolute Gasteiger partial charge is 0.481 e. The summed E-state index contributed by atoms with van der Waals surface area (Å²) in [6.07, 6.45) is 4.34. The van der Waals surface area contributed by atoms with Gasteiger partial charge in [-0.05, 0) is 59.9 Å². The molecule has 0 radical (unpaired) electrons. The maximum atomic E-state index is 13.0. The Bertz CT molecular complexity index is 1030. The molecule has 2 aliphatic rings. The quantitative estimate of drug-likeness (QED) is 0.475. The number of amides is 2. The summed E-state index contributed by atoms with van der Waals surface area (Å²) in [4.78, 5) is 37.1. The molecule has 2 aliphatic carbocycles. The Labute approximate surface area is 210 Å². The molecule has 1 saturated carbocycles. The van der Waals surface area contributed by atoms with Gasteiger partial charge in [-0.1, -0.05) is 55.0 Å². The van der Waals surface area contributed by atoms with Crippen molar-refractivity contribution >= 4 is 29.7 Å². The Morgan fingerprint density at radius 3 is 2.34 bits per heavy atom. The van der Waals surface area contributed by atoms with Crippen LogP contribution in [0.3, 0.4) is 0 Å². The minimum absolute atomic E-state index is 0.0539. The van der Waals surface area contributed by atoms with Gasteiger partial charge >= 0.3 is 12.1 Å². The Morgan fingerprint density at radius 1 is 1.06 bits per heavy atom. The molecule has 35 heavy (non-hydrogen) atoms. The van der Waals surface area contributed by atoms with Crippen LogP contribution < -0.4 is 10.6 Å². The number of carbonyl (C=O) groups excluding carboxylic acids is 2. The highest BCUT2D eigenvalue weighted by Gasteiger charge is 2.32. The summed E-state index contributed by atoms with van der Waals surface area (Å²) in [5.74, 6) is -0.900. The van der Waals surface area contributed by atoms with Gasteiger partial charge in [-0.3, -0.25) is 9.59 Å². The molecule has 0 spiro atoms. The van der Waals surface area contributed by atoms with Gasteiger partial charge in [-0.15, -0.1) is 0 Å². The maximum absolute atomic E-state index is 13.0. The number of carboxylic acids is 1. The number of fused-ring (bicyclic) bond motifs is 3. The molecule has 3 atom stereocenters. The van der Waals surface area contributed by atoms with Gasteiger partial charge in [0, 0.05) is 12.0 Å². The summed E-state index contributed by atoms with van der Waals surface area (Å²) >= 11 is 1.59. The predicted octanol–water partition coefficient (Wildman–Crippen LogP) is 4.41. The van der Waals surface area contributed by atoms with E-state index < -0.39 is 24.0 Å². The van der Waals surface area contributed by atoms with Crippen molar-refractivity contribution in [1.82, 2.24) is 10.6 Å². The van der Waals surface area contributed by atoms with Gasteiger partial charge in [0.25, 0.3) is 0 Å². The van der Waals surface area contributed by atoms with Gasteiger partial charge in [0.05, 0.1) is 5.92 Å². The number of carbonyl (C=O) groups is 3. The van der Waals surface area contributed by atoms with E-state index in [9.17, 15) is 19.5 Å². The van der Waals surface area contributed by atoms with E-state index in [0.717, 1.165) is 35.1 Å². The fourth-order valence-corrected chi connectivity index (χ4v) is 5.61. The summed E-state index contributed by atoms with van der Waals surface area (Å²) in [5.41, 5.74) is 4.56. The number of rotatable bonds is 9. The molecule has 0 saturated heterocycles. The van der Waals surface area contributed by atoms with Gasteiger partial charge in [-0.2, -0.15) is 11.8 Å². The van der Waals surface area contributed by atoms with Gasteiger partial charge in [0.2, 0.25) is 5.91 Å². The van der Waals surface area contributed by atoms with Gasteiger partial charge in [-0.25, -0.2) is 4.79 Å². The first-order valence-electron chi connectivity index (χ1n) is 12.1. The lowest BCUT2D eigenvalue weighted by atomic mass is 9.85. The van der Waals surface area contributed by atoms with E-state index in [-0.39, 0.29) is 24.5 Å². The molecule has 8 heteroatoms. The number of hydrogen-bond donors (Lipinski definition) is 3. The molecule has 0 heterocycles. The van der Waals surface area contributed by atoms with E-state index in [1.165, 1.54) is 0 Å². The van der Waals surface area contributed by atoms with Crippen molar-refractivity contribution < 1.29 is 24.2 Å². The molecule has 3 N–H and O–H groups in total. The van der Waals surface area contributed by atoms with Crippen molar-refractivity contribution in [3.8, 4) is 11.1 Å². The summed E-state index contributed by atoms with van der Waals surface area (Å²) in [5, 5.41) is 15.0. The van der Waals surface area contributed by atoms with Crippen molar-refractivity contribution in [1.29, 1.82) is 0 Å². The molecule has 186 valence electrons. The van der Waals surface area contributed by atoms with Crippen LogP contribution >= 0.6 is 11.8 Å². The monoisotopic (exact) mass is 496 g/mol. The molecular formula is C27H32N2O5S. The van der Waals surface area contributed by atoms with E-state index in [1.807, 2.05) is 30.5 Å². The molecule has 7 nitrogen and oxygen atoms in total. The zero-order valence-corrected chi connectivity index (χ0v) is 20.7. The number of hydrogen-bond acceptors (Lipinski definition) is 5. The van der Waals surface area contributed by atoms with Crippen LogP contribution in [0.1, 0.15) is 49.1 Å². The minimum Gasteiger partial charge on any atom is -0.481 e. The van der Waals surface area contributed by atoms with Crippen molar-refractivity contribution in [2.45, 2.75) is 50.1 Å². The molecule has 2 aromatic rings. The third-order valence-electron chi connectivity index (χ3n) is 6.93. The average molecular weight is 497 g/mol. The van der Waals surface area contributed by atoms with Crippen LogP contribution in [-0.4, -0.2) is 53.8 Å². The summed E-state index contributed by atoms with van der Waals surface area (Å²) in [7, 11) is 0. The third kappa shape index (κ3) is 5.99. The zero-order chi connectivity index (χ0) is 24.8. The molecule has 0 aromatic heterocycles. The second kappa shape index (κ2) is 11.6. The van der Waals surface area contributed by atoms with Gasteiger partial charge in [0.15, 0.2) is 0 Å². The molecule has 1 fully saturated rings. The number of thioether (sulfide) groups is 1. The van der Waals surface area contributed by atoms with Crippen molar-refractivity contribution in [2.75, 3.05) is 18.6 Å². The standard InChI is InChI=1S/C27H32N2O5S/c1-35-14-13-24(25(30)28-18-8-6-7-17(15-18)26(31)32)29-27(33)34-16-23-21-11-4-2-9-19(21)20-10-3-5-12-22(20)23/h2-5,9-12,17-18,23-24H,6-8,13-16H2,1H3,(H,28,30)(H,29,33)(H,31,32)/t17-,18+,24-/m1/s1. The van der Waals surface area contributed by atoms with Crippen LogP contribution in [0.4, 0.5) is 4.79 Å². The molecule has 4 rings (SSSR count). The molecular weight excluding hydrogens is 464 g/mol. The molecule has 0 aliphatic heterocycles. The zero-order valence-electron chi connectivity index (χ0n) is 19.9. The first-order valence-corrected chi connectivity index (χ1v) is 13.5. The Morgan fingerprint density at radius 2 is 1.71 bits per heavy atom. The third-order valence-corrected chi connectivity index (χ3v) is 7.58. The van der Waals surface area contributed by atoms with Gasteiger partial charge < -0.3 is 20.5 Å². The summed E-state index contributed by atoms with van der Waals surface area (Å²) in [6.45, 7) is 0.180. The predicted molar refractivity (Wildman–Crippen MR) is 137 cm³/mol. The first kappa shape index (κ1) is 25.1. The smallest absolute Gasteiger partial charge is 0.407 e. The second-order valence-electron chi connectivity index (χ2n) is 9.21. The summed E-state index contributed by atoms with van der Waals surface area (Å²) in [6, 6.07) is 15.3. The van der Waals surface area contributed by atoms with Crippen molar-refractivity contribution in [3.63, 3.8) is 0 Å². The highest BCUT2D eigenvalue weighted by atomic mass is 32.2. The highest BCUT2D eigenvalue weighted by Crippen LogP contribution is 2.44. The number of ether oxygens (including phenoxy) is 1. The fourth-order valence-electron chi connectivity index (χ4n) is 5.13. The minimum atomic E-state index is -0.820. The fraction of sp³-hybridized carbons (Fsp3) is 0.444. The van der Waals surface area contributed by atoms with Crippen LogP contribution in [-0.2, 0) is 14.3 Å². The lowest BCUT2D eigenvalue weighted by Crippen LogP contribution is -2.51. The lowest BCUT2D eigenvalue weighted by Gasteiger charge is -2.29. The summed E-state index contributed by atoms with van der Waals surface area (Å²) < 4.78 is 5.62. The molecule has 2 amide bonds. The normalized spacial score (nSPS) is 19.8. The van der Waals surface area contributed by atoms with Crippen LogP contribution in [0, 0.1) is 5.92 Å². The Kier molecular flexibility index (Phi) is 8.33. The van der Waals surface area contributed by atoms with Crippen LogP contribution in [0.25, 0.3) is 11.1 Å². The molecule has 0 unspecified atom stereocenters. The van der Waals surface area contributed by atoms with Crippen LogP contribution in [0.15, 0.2) is 48.5 Å². The lowest BCUT2D eigenvalue weighted by molar-refractivity contribution is -0.143. The number of nitrogens with one attached hydrogen (secondary N) is 2. The van der Waals surface area contributed by atoms with E-state index in [4.69, 9.17) is 4.74 Å². The number of alkyl carbamates (subject to hydrolysis) is 1. The Balaban J connectivity index is 1.36. The van der Waals surface area contributed by atoms with E-state index in [2.05, 4.69) is 34.9 Å². The van der Waals surface area contributed by atoms with E-state index >= 15 is 0 Å². The van der Waals surface area contributed by atoms with E-state index in [1.54, 1.807) is 11.8 Å². The van der Waals surface area contributed by atoms with E-state index in [0.29, 0.717) is 25.0 Å². The highest BCUT2D eigenvalue weighted by molar-refractivity contribution is 7.98.